The fourth-order valence-electron chi connectivity index (χ4n) is 2.83. The van der Waals surface area contributed by atoms with Gasteiger partial charge in [-0.1, -0.05) is 17.3 Å². The van der Waals surface area contributed by atoms with Gasteiger partial charge in [0.2, 0.25) is 0 Å². The third-order valence-electron chi connectivity index (χ3n) is 4.04. The Balaban J connectivity index is 1.58. The second-order valence-corrected chi connectivity index (χ2v) is 5.65. The molecule has 1 aliphatic carbocycles. The van der Waals surface area contributed by atoms with Crippen molar-refractivity contribution in [3.63, 3.8) is 0 Å². The van der Waals surface area contributed by atoms with Crippen LogP contribution in [0.3, 0.4) is 0 Å². The molecule has 1 amide bonds. The Morgan fingerprint density at radius 2 is 2.09 bits per heavy atom. The Bertz CT molecular complexity index is 736. The number of aryl methyl sites for hydroxylation is 1. The summed E-state index contributed by atoms with van der Waals surface area (Å²) < 4.78 is 5.24. The molecule has 3 rings (SSSR count). The number of aromatic nitrogens is 1. The van der Waals surface area contributed by atoms with Gasteiger partial charge in [-0.25, -0.2) is 4.79 Å². The molecule has 0 atom stereocenters. The number of nitrogens with one attached hydrogen (secondary N) is 1. The van der Waals surface area contributed by atoms with Crippen molar-refractivity contribution < 1.29 is 19.2 Å². The average Bonchev–Trinajstić information content (AvgIpc) is 2.99. The third-order valence-corrected chi connectivity index (χ3v) is 4.04. The first-order chi connectivity index (χ1) is 11.1. The van der Waals surface area contributed by atoms with E-state index in [1.807, 2.05) is 6.07 Å². The molecule has 0 bridgehead atoms. The zero-order valence-electron chi connectivity index (χ0n) is 12.7. The summed E-state index contributed by atoms with van der Waals surface area (Å²) in [5, 5.41) is 15.7. The number of nitrogens with zero attached hydrogens (tertiary/aromatic N) is 1. The molecule has 6 nitrogen and oxygen atoms in total. The molecule has 23 heavy (non-hydrogen) atoms. The van der Waals surface area contributed by atoms with Crippen LogP contribution >= 0.6 is 0 Å². The molecule has 6 heteroatoms. The van der Waals surface area contributed by atoms with Gasteiger partial charge in [0.05, 0.1) is 5.56 Å². The van der Waals surface area contributed by atoms with Gasteiger partial charge < -0.3 is 14.9 Å². The smallest absolute Gasteiger partial charge is 0.335 e. The van der Waals surface area contributed by atoms with Crippen molar-refractivity contribution in [1.82, 2.24) is 10.5 Å². The van der Waals surface area contributed by atoms with Crippen LogP contribution in [0.1, 0.15) is 50.6 Å². The minimum atomic E-state index is -0.954. The number of aromatic carboxylic acids is 1. The summed E-state index contributed by atoms with van der Waals surface area (Å²) in [4.78, 5) is 23.2. The Labute approximate surface area is 133 Å². The highest BCUT2D eigenvalue weighted by molar-refractivity contribution is 5.93. The van der Waals surface area contributed by atoms with Crippen LogP contribution < -0.4 is 5.32 Å². The van der Waals surface area contributed by atoms with E-state index in [4.69, 9.17) is 9.63 Å². The molecule has 2 aromatic rings. The van der Waals surface area contributed by atoms with E-state index in [9.17, 15) is 9.59 Å². The van der Waals surface area contributed by atoms with E-state index in [2.05, 4.69) is 10.5 Å². The van der Waals surface area contributed by atoms with Gasteiger partial charge in [-0.05, 0) is 43.4 Å². The SMILES string of the molecule is O=C(O)c1cccc(CCNC(=O)c2noc3c2CCCC3)c1. The van der Waals surface area contributed by atoms with Crippen molar-refractivity contribution in [2.24, 2.45) is 0 Å². The molecule has 1 heterocycles. The highest BCUT2D eigenvalue weighted by Crippen LogP contribution is 2.24. The lowest BCUT2D eigenvalue weighted by molar-refractivity contribution is 0.0696. The Morgan fingerprint density at radius 1 is 1.26 bits per heavy atom. The summed E-state index contributed by atoms with van der Waals surface area (Å²) >= 11 is 0. The maximum atomic E-state index is 12.2. The van der Waals surface area contributed by atoms with Gasteiger partial charge in [0.1, 0.15) is 5.76 Å². The quantitative estimate of drug-likeness (QED) is 0.883. The summed E-state index contributed by atoms with van der Waals surface area (Å²) in [5.41, 5.74) is 2.44. The van der Waals surface area contributed by atoms with Crippen molar-refractivity contribution in [3.05, 3.63) is 52.4 Å². The first-order valence-corrected chi connectivity index (χ1v) is 7.73. The highest BCUT2D eigenvalue weighted by atomic mass is 16.5. The number of hydrogen-bond donors (Lipinski definition) is 2. The van der Waals surface area contributed by atoms with E-state index >= 15 is 0 Å². The standard InChI is InChI=1S/C17H18N2O4/c20-16(15-13-6-1-2-7-14(13)23-19-15)18-9-8-11-4-3-5-12(10-11)17(21)22/h3-5,10H,1-2,6-9H2,(H,18,20)(H,21,22). The topological polar surface area (TPSA) is 92.4 Å². The summed E-state index contributed by atoms with van der Waals surface area (Å²) in [5.74, 6) is -0.355. The first-order valence-electron chi connectivity index (χ1n) is 7.73. The van der Waals surface area contributed by atoms with Crippen molar-refractivity contribution >= 4 is 11.9 Å². The van der Waals surface area contributed by atoms with Gasteiger partial charge in [-0.2, -0.15) is 0 Å². The molecule has 0 saturated heterocycles. The number of rotatable bonds is 5. The van der Waals surface area contributed by atoms with Crippen LogP contribution in [0.2, 0.25) is 0 Å². The summed E-state index contributed by atoms with van der Waals surface area (Å²) in [6.07, 6.45) is 4.37. The molecule has 1 aromatic carbocycles. The number of carbonyl (C=O) groups excluding carboxylic acids is 1. The number of hydrogen-bond acceptors (Lipinski definition) is 4. The van der Waals surface area contributed by atoms with Gasteiger partial charge in [-0.15, -0.1) is 0 Å². The zero-order valence-corrected chi connectivity index (χ0v) is 12.7. The van der Waals surface area contributed by atoms with E-state index in [0.29, 0.717) is 18.7 Å². The molecular weight excluding hydrogens is 296 g/mol. The molecule has 0 unspecified atom stereocenters. The lowest BCUT2D eigenvalue weighted by Gasteiger charge is -2.09. The molecule has 1 aliphatic rings. The van der Waals surface area contributed by atoms with E-state index in [1.165, 1.54) is 0 Å². The number of amides is 1. The third kappa shape index (κ3) is 3.41. The minimum absolute atomic E-state index is 0.230. The molecule has 0 saturated carbocycles. The van der Waals surface area contributed by atoms with Gasteiger partial charge in [0.25, 0.3) is 5.91 Å². The van der Waals surface area contributed by atoms with Gasteiger partial charge in [-0.3, -0.25) is 4.79 Å². The van der Waals surface area contributed by atoms with Crippen LogP contribution in [-0.2, 0) is 19.3 Å². The van der Waals surface area contributed by atoms with Crippen molar-refractivity contribution in [2.75, 3.05) is 6.54 Å². The largest absolute Gasteiger partial charge is 0.478 e. The normalized spacial score (nSPS) is 13.4. The minimum Gasteiger partial charge on any atom is -0.478 e. The maximum absolute atomic E-state index is 12.2. The van der Waals surface area contributed by atoms with Crippen LogP contribution in [0, 0.1) is 0 Å². The number of carboxylic acids is 1. The number of benzene rings is 1. The Kier molecular flexibility index (Phi) is 4.41. The molecule has 1 aromatic heterocycles. The summed E-state index contributed by atoms with van der Waals surface area (Å²) in [6, 6.07) is 6.71. The van der Waals surface area contributed by atoms with E-state index < -0.39 is 5.97 Å². The monoisotopic (exact) mass is 314 g/mol. The van der Waals surface area contributed by atoms with Crippen LogP contribution in [0.15, 0.2) is 28.8 Å². The number of carboxylic acid groups (broad SMARTS) is 1. The average molecular weight is 314 g/mol. The lowest BCUT2D eigenvalue weighted by Crippen LogP contribution is -2.27. The first kappa shape index (κ1) is 15.3. The lowest BCUT2D eigenvalue weighted by atomic mass is 9.96. The van der Waals surface area contributed by atoms with Crippen LogP contribution in [-0.4, -0.2) is 28.7 Å². The van der Waals surface area contributed by atoms with Crippen molar-refractivity contribution in [3.8, 4) is 0 Å². The molecule has 0 spiro atoms. The number of fused-ring (bicyclic) bond motifs is 1. The molecular formula is C17H18N2O4. The Morgan fingerprint density at radius 3 is 2.91 bits per heavy atom. The maximum Gasteiger partial charge on any atom is 0.335 e. The van der Waals surface area contributed by atoms with Crippen LogP contribution in [0.5, 0.6) is 0 Å². The predicted octanol–water partition coefficient (Wildman–Crippen LogP) is 2.22. The summed E-state index contributed by atoms with van der Waals surface area (Å²) in [7, 11) is 0. The fraction of sp³-hybridized carbons (Fsp3) is 0.353. The van der Waals surface area contributed by atoms with Crippen molar-refractivity contribution in [1.29, 1.82) is 0 Å². The van der Waals surface area contributed by atoms with E-state index in [-0.39, 0.29) is 11.5 Å². The van der Waals surface area contributed by atoms with Gasteiger partial charge in [0, 0.05) is 18.5 Å². The Hall–Kier alpha value is -2.63. The molecule has 0 fully saturated rings. The van der Waals surface area contributed by atoms with E-state index in [0.717, 1.165) is 42.6 Å². The second kappa shape index (κ2) is 6.64. The predicted molar refractivity (Wildman–Crippen MR) is 82.6 cm³/mol. The molecule has 2 N–H and O–H groups in total. The molecule has 0 aliphatic heterocycles. The number of carbonyl (C=O) groups is 2. The summed E-state index contributed by atoms with van der Waals surface area (Å²) in [6.45, 7) is 0.420. The molecule has 0 radical (unpaired) electrons. The zero-order chi connectivity index (χ0) is 16.2. The fourth-order valence-corrected chi connectivity index (χ4v) is 2.83. The highest BCUT2D eigenvalue weighted by Gasteiger charge is 2.23. The van der Waals surface area contributed by atoms with E-state index in [1.54, 1.807) is 18.2 Å². The molecule has 120 valence electrons. The van der Waals surface area contributed by atoms with Crippen molar-refractivity contribution in [2.45, 2.75) is 32.1 Å². The van der Waals surface area contributed by atoms with Crippen LogP contribution in [0.4, 0.5) is 0 Å². The van der Waals surface area contributed by atoms with Gasteiger partial charge >= 0.3 is 5.97 Å². The van der Waals surface area contributed by atoms with Gasteiger partial charge in [0.15, 0.2) is 5.69 Å². The second-order valence-electron chi connectivity index (χ2n) is 5.65. The van der Waals surface area contributed by atoms with Crippen LogP contribution in [0.25, 0.3) is 0 Å².